The smallest absolute Gasteiger partial charge is 0.260 e. The standard InChI is InChI=1S/C57H41BN2O2/c1-57(2)48-35-45(60(42-20-11-5-12-21-42)43-22-13-6-14-23-43)31-32-46(48)47-36-55-51(37-49(47)57)58-50-33-28-39(34-54(50)61-52-24-15-25-53(62-55)56(52)58)38-26-29-44(30-27-38)59(40-16-7-3-8-17-40)41-18-9-4-10-19-41/h3-37H,1-2H3. The van der Waals surface area contributed by atoms with Crippen LogP contribution in [0.5, 0.6) is 23.0 Å². The van der Waals surface area contributed by atoms with Crippen LogP contribution < -0.4 is 35.7 Å². The molecule has 2 heterocycles. The summed E-state index contributed by atoms with van der Waals surface area (Å²) in [6, 6.07) is 75.7. The topological polar surface area (TPSA) is 24.9 Å². The lowest BCUT2D eigenvalue weighted by molar-refractivity contribution is 0.464. The minimum Gasteiger partial charge on any atom is -0.458 e. The molecule has 0 radical (unpaired) electrons. The molecule has 0 atom stereocenters. The van der Waals surface area contributed by atoms with Crippen LogP contribution in [-0.4, -0.2) is 6.71 Å². The molecule has 0 N–H and O–H groups in total. The number of rotatable bonds is 7. The summed E-state index contributed by atoms with van der Waals surface area (Å²) >= 11 is 0. The zero-order chi connectivity index (χ0) is 41.4. The number of anilines is 6. The second kappa shape index (κ2) is 14.2. The summed E-state index contributed by atoms with van der Waals surface area (Å²) in [6.45, 7) is 4.68. The van der Waals surface area contributed by atoms with Crippen LogP contribution in [0.1, 0.15) is 25.0 Å². The van der Waals surface area contributed by atoms with Gasteiger partial charge in [-0.25, -0.2) is 0 Å². The lowest BCUT2D eigenvalue weighted by atomic mass is 9.34. The van der Waals surface area contributed by atoms with Gasteiger partial charge in [0.2, 0.25) is 0 Å². The van der Waals surface area contributed by atoms with E-state index in [0.717, 1.165) is 79.2 Å². The van der Waals surface area contributed by atoms with Crippen molar-refractivity contribution in [3.63, 3.8) is 0 Å². The Labute approximate surface area is 363 Å². The number of nitrogens with zero attached hydrogens (tertiary/aromatic N) is 2. The van der Waals surface area contributed by atoms with Crippen molar-refractivity contribution in [3.05, 3.63) is 223 Å². The van der Waals surface area contributed by atoms with Crippen molar-refractivity contribution in [2.24, 2.45) is 0 Å². The molecule has 62 heavy (non-hydrogen) atoms. The third kappa shape index (κ3) is 5.77. The molecule has 5 heteroatoms. The van der Waals surface area contributed by atoms with Crippen molar-refractivity contribution >= 4 is 57.2 Å². The van der Waals surface area contributed by atoms with E-state index in [2.05, 4.69) is 230 Å². The number of hydrogen-bond donors (Lipinski definition) is 0. The zero-order valence-corrected chi connectivity index (χ0v) is 34.5. The molecule has 4 nitrogen and oxygen atoms in total. The van der Waals surface area contributed by atoms with Crippen LogP contribution in [0.25, 0.3) is 22.3 Å². The molecule has 0 amide bonds. The molecule has 0 saturated heterocycles. The van der Waals surface area contributed by atoms with Gasteiger partial charge in [0, 0.05) is 45.0 Å². The largest absolute Gasteiger partial charge is 0.458 e. The summed E-state index contributed by atoms with van der Waals surface area (Å²) in [4.78, 5) is 4.63. The SMILES string of the molecule is CC1(C)c2cc(N(c3ccccc3)c3ccccc3)ccc2-c2cc3c(cc21)B1c2ccc(-c4ccc(N(c5ccccc5)c5ccccc5)cc4)cc2Oc2cccc(c21)O3. The maximum absolute atomic E-state index is 6.82. The molecule has 9 aromatic rings. The number of fused-ring (bicyclic) bond motifs is 7. The molecule has 3 aliphatic rings. The fourth-order valence-corrected chi connectivity index (χ4v) is 9.97. The predicted octanol–water partition coefficient (Wildman–Crippen LogP) is 13.3. The molecule has 294 valence electrons. The van der Waals surface area contributed by atoms with E-state index in [0.29, 0.717) is 0 Å². The molecule has 2 aliphatic heterocycles. The fraction of sp³-hybridized carbons (Fsp3) is 0.0526. The van der Waals surface area contributed by atoms with Crippen molar-refractivity contribution in [1.29, 1.82) is 0 Å². The Morgan fingerprint density at radius 3 is 1.39 bits per heavy atom. The summed E-state index contributed by atoms with van der Waals surface area (Å²) in [5.41, 5.74) is 17.2. The molecule has 12 rings (SSSR count). The molecule has 0 fully saturated rings. The highest BCUT2D eigenvalue weighted by Gasteiger charge is 2.44. The Kier molecular flexibility index (Phi) is 8.26. The van der Waals surface area contributed by atoms with Gasteiger partial charge in [-0.15, -0.1) is 0 Å². The van der Waals surface area contributed by atoms with Crippen LogP contribution in [0.2, 0.25) is 0 Å². The van der Waals surface area contributed by atoms with E-state index in [4.69, 9.17) is 9.47 Å². The third-order valence-electron chi connectivity index (χ3n) is 13.0. The van der Waals surface area contributed by atoms with Crippen LogP contribution in [-0.2, 0) is 5.41 Å². The van der Waals surface area contributed by atoms with E-state index < -0.39 is 0 Å². The van der Waals surface area contributed by atoms with Crippen molar-refractivity contribution < 1.29 is 9.47 Å². The first kappa shape index (κ1) is 36.1. The summed E-state index contributed by atoms with van der Waals surface area (Å²) < 4.78 is 13.6. The van der Waals surface area contributed by atoms with Crippen molar-refractivity contribution in [1.82, 2.24) is 0 Å². The van der Waals surface area contributed by atoms with Crippen molar-refractivity contribution in [2.75, 3.05) is 9.80 Å². The van der Waals surface area contributed by atoms with Gasteiger partial charge in [0.05, 0.1) is 0 Å². The van der Waals surface area contributed by atoms with Gasteiger partial charge >= 0.3 is 0 Å². The summed E-state index contributed by atoms with van der Waals surface area (Å²) in [5, 5.41) is 0. The van der Waals surface area contributed by atoms with E-state index in [1.54, 1.807) is 0 Å². The number of benzene rings is 9. The minimum absolute atomic E-state index is 0.0394. The molecular formula is C57H41BN2O2. The maximum atomic E-state index is 6.82. The highest BCUT2D eigenvalue weighted by Crippen LogP contribution is 2.52. The van der Waals surface area contributed by atoms with Crippen LogP contribution in [0.3, 0.4) is 0 Å². The highest BCUT2D eigenvalue weighted by atomic mass is 16.5. The van der Waals surface area contributed by atoms with Crippen molar-refractivity contribution in [2.45, 2.75) is 19.3 Å². The quantitative estimate of drug-likeness (QED) is 0.150. The predicted molar refractivity (Wildman–Crippen MR) is 256 cm³/mol. The van der Waals surface area contributed by atoms with Crippen LogP contribution >= 0.6 is 0 Å². The Balaban J connectivity index is 0.919. The van der Waals surface area contributed by atoms with Gasteiger partial charge in [-0.1, -0.05) is 129 Å². The number of hydrogen-bond acceptors (Lipinski definition) is 4. The molecule has 0 aromatic heterocycles. The van der Waals surface area contributed by atoms with Crippen LogP contribution in [0.4, 0.5) is 34.1 Å². The van der Waals surface area contributed by atoms with Crippen molar-refractivity contribution in [3.8, 4) is 45.3 Å². The summed E-state index contributed by atoms with van der Waals surface area (Å²) in [7, 11) is 0. The van der Waals surface area contributed by atoms with Gasteiger partial charge in [0.1, 0.15) is 23.0 Å². The fourth-order valence-electron chi connectivity index (χ4n) is 9.97. The van der Waals surface area contributed by atoms with E-state index in [-0.39, 0.29) is 12.1 Å². The lowest BCUT2D eigenvalue weighted by Gasteiger charge is -2.34. The van der Waals surface area contributed by atoms with Gasteiger partial charge in [-0.2, -0.15) is 0 Å². The first-order valence-corrected chi connectivity index (χ1v) is 21.4. The molecule has 1 aliphatic carbocycles. The molecule has 0 saturated carbocycles. The van der Waals surface area contributed by atoms with Gasteiger partial charge in [-0.05, 0) is 141 Å². The first-order chi connectivity index (χ1) is 30.5. The normalized spacial score (nSPS) is 13.4. The second-order valence-electron chi connectivity index (χ2n) is 16.9. The zero-order valence-electron chi connectivity index (χ0n) is 34.5. The average Bonchev–Trinajstić information content (AvgIpc) is 3.54. The van der Waals surface area contributed by atoms with Gasteiger partial charge < -0.3 is 19.3 Å². The van der Waals surface area contributed by atoms with Gasteiger partial charge in [0.25, 0.3) is 6.71 Å². The lowest BCUT2D eigenvalue weighted by Crippen LogP contribution is -2.57. The molecular weight excluding hydrogens is 755 g/mol. The second-order valence-corrected chi connectivity index (χ2v) is 16.9. The molecule has 0 spiro atoms. The summed E-state index contributed by atoms with van der Waals surface area (Å²) in [6.07, 6.45) is 0. The van der Waals surface area contributed by atoms with Crippen LogP contribution in [0, 0.1) is 0 Å². The Hall–Kier alpha value is -7.76. The van der Waals surface area contributed by atoms with E-state index in [9.17, 15) is 0 Å². The maximum Gasteiger partial charge on any atom is 0.260 e. The Morgan fingerprint density at radius 2 is 0.823 bits per heavy atom. The number of ether oxygens (including phenoxy) is 2. The first-order valence-electron chi connectivity index (χ1n) is 21.4. The van der Waals surface area contributed by atoms with E-state index in [1.165, 1.54) is 27.7 Å². The monoisotopic (exact) mass is 796 g/mol. The summed E-state index contributed by atoms with van der Waals surface area (Å²) in [5.74, 6) is 3.46. The average molecular weight is 797 g/mol. The van der Waals surface area contributed by atoms with Gasteiger partial charge in [-0.3, -0.25) is 0 Å². The third-order valence-corrected chi connectivity index (χ3v) is 13.0. The van der Waals surface area contributed by atoms with Crippen LogP contribution in [0.15, 0.2) is 212 Å². The highest BCUT2D eigenvalue weighted by molar-refractivity contribution is 6.98. The molecule has 0 bridgehead atoms. The van der Waals surface area contributed by atoms with Gasteiger partial charge in [0.15, 0.2) is 0 Å². The minimum atomic E-state index is -0.255. The van der Waals surface area contributed by atoms with E-state index >= 15 is 0 Å². The molecule has 0 unspecified atom stereocenters. The van der Waals surface area contributed by atoms with E-state index in [1.807, 2.05) is 6.07 Å². The Bertz CT molecular complexity index is 3070. The number of para-hydroxylation sites is 4. The molecule has 9 aromatic carbocycles. The Morgan fingerprint density at radius 1 is 0.355 bits per heavy atom.